The van der Waals surface area contributed by atoms with Crippen LogP contribution >= 0.6 is 0 Å². The number of hydrogen-bond donors (Lipinski definition) is 1. The third-order valence-electron chi connectivity index (χ3n) is 3.14. The molecule has 0 amide bonds. The summed E-state index contributed by atoms with van der Waals surface area (Å²) in [4.78, 5) is 11.5. The number of carbonyl (C=O) groups excluding carboxylic acids is 1. The van der Waals surface area contributed by atoms with Crippen LogP contribution in [0.4, 0.5) is 0 Å². The molecule has 18 heavy (non-hydrogen) atoms. The van der Waals surface area contributed by atoms with Crippen molar-refractivity contribution in [3.05, 3.63) is 11.6 Å². The summed E-state index contributed by atoms with van der Waals surface area (Å²) in [5.74, 6) is 1.73. The Bertz CT molecular complexity index is 416. The molecular formula is C12H20N4O2. The van der Waals surface area contributed by atoms with Crippen molar-refractivity contribution in [2.24, 2.45) is 0 Å². The van der Waals surface area contributed by atoms with Crippen molar-refractivity contribution in [2.75, 3.05) is 6.61 Å². The summed E-state index contributed by atoms with van der Waals surface area (Å²) < 4.78 is 7.09. The van der Waals surface area contributed by atoms with E-state index in [0.717, 1.165) is 24.6 Å². The van der Waals surface area contributed by atoms with Crippen LogP contribution < -0.4 is 5.32 Å². The number of hydrogen-bond acceptors (Lipinski definition) is 5. The molecule has 6 nitrogen and oxygen atoms in total. The number of carbonyl (C=O) groups is 1. The summed E-state index contributed by atoms with van der Waals surface area (Å²) in [6.07, 6.45) is 3.36. The SMILES string of the molecule is CCOC(=O)C(C)NCc1nnc2n1CCCC2. The molecular weight excluding hydrogens is 232 g/mol. The standard InChI is InChI=1S/C12H20N4O2/c1-3-18-12(17)9(2)13-8-11-15-14-10-6-4-5-7-16(10)11/h9,13H,3-8H2,1-2H3. The van der Waals surface area contributed by atoms with E-state index in [1.807, 2.05) is 0 Å². The van der Waals surface area contributed by atoms with Gasteiger partial charge in [-0.15, -0.1) is 10.2 Å². The first-order chi connectivity index (χ1) is 8.72. The maximum Gasteiger partial charge on any atom is 0.322 e. The third-order valence-corrected chi connectivity index (χ3v) is 3.14. The zero-order valence-corrected chi connectivity index (χ0v) is 11.0. The first-order valence-electron chi connectivity index (χ1n) is 6.53. The fourth-order valence-corrected chi connectivity index (χ4v) is 2.09. The van der Waals surface area contributed by atoms with E-state index in [-0.39, 0.29) is 12.0 Å². The second kappa shape index (κ2) is 5.95. The van der Waals surface area contributed by atoms with E-state index in [1.165, 1.54) is 12.8 Å². The molecule has 2 rings (SSSR count). The quantitative estimate of drug-likeness (QED) is 0.779. The van der Waals surface area contributed by atoms with Gasteiger partial charge >= 0.3 is 5.97 Å². The lowest BCUT2D eigenvalue weighted by atomic mass is 10.2. The number of esters is 1. The van der Waals surface area contributed by atoms with Crippen molar-refractivity contribution < 1.29 is 9.53 Å². The van der Waals surface area contributed by atoms with Gasteiger partial charge in [0.15, 0.2) is 0 Å². The molecule has 6 heteroatoms. The Balaban J connectivity index is 1.90. The highest BCUT2D eigenvalue weighted by molar-refractivity contribution is 5.75. The highest BCUT2D eigenvalue weighted by Gasteiger charge is 2.18. The molecule has 0 saturated heterocycles. The van der Waals surface area contributed by atoms with E-state index in [2.05, 4.69) is 20.1 Å². The topological polar surface area (TPSA) is 69.0 Å². The van der Waals surface area contributed by atoms with E-state index in [9.17, 15) is 4.79 Å². The molecule has 0 bridgehead atoms. The number of nitrogens with zero attached hydrogens (tertiary/aromatic N) is 3. The van der Waals surface area contributed by atoms with Gasteiger partial charge < -0.3 is 9.30 Å². The summed E-state index contributed by atoms with van der Waals surface area (Å²) in [5, 5.41) is 11.5. The largest absolute Gasteiger partial charge is 0.465 e. The molecule has 0 fully saturated rings. The molecule has 1 unspecified atom stereocenters. The van der Waals surface area contributed by atoms with Gasteiger partial charge in [0, 0.05) is 13.0 Å². The van der Waals surface area contributed by atoms with Gasteiger partial charge in [-0.3, -0.25) is 10.1 Å². The summed E-state index contributed by atoms with van der Waals surface area (Å²) in [6, 6.07) is -0.318. The van der Waals surface area contributed by atoms with Crippen LogP contribution in [0.15, 0.2) is 0 Å². The van der Waals surface area contributed by atoms with E-state index < -0.39 is 0 Å². The Hall–Kier alpha value is -1.43. The molecule has 1 atom stereocenters. The average Bonchev–Trinajstić information content (AvgIpc) is 2.79. The van der Waals surface area contributed by atoms with E-state index in [4.69, 9.17) is 4.74 Å². The van der Waals surface area contributed by atoms with Crippen molar-refractivity contribution in [3.63, 3.8) is 0 Å². The number of nitrogens with one attached hydrogen (secondary N) is 1. The van der Waals surface area contributed by atoms with Crippen LogP contribution in [0.5, 0.6) is 0 Å². The third kappa shape index (κ3) is 2.87. The monoisotopic (exact) mass is 252 g/mol. The Morgan fingerprint density at radius 1 is 1.50 bits per heavy atom. The molecule has 1 aliphatic rings. The van der Waals surface area contributed by atoms with Gasteiger partial charge in [0.1, 0.15) is 17.7 Å². The van der Waals surface area contributed by atoms with Gasteiger partial charge in [-0.1, -0.05) is 0 Å². The van der Waals surface area contributed by atoms with Crippen LogP contribution in [0.2, 0.25) is 0 Å². The molecule has 0 saturated carbocycles. The molecule has 0 spiro atoms. The lowest BCUT2D eigenvalue weighted by Gasteiger charge is -2.16. The predicted octanol–water partition coefficient (Wildman–Crippen LogP) is 0.656. The maximum absolute atomic E-state index is 11.5. The lowest BCUT2D eigenvalue weighted by molar-refractivity contribution is -0.145. The van der Waals surface area contributed by atoms with Crippen molar-refractivity contribution in [1.29, 1.82) is 0 Å². The first kappa shape index (κ1) is 13.0. The van der Waals surface area contributed by atoms with Crippen LogP contribution in [0.1, 0.15) is 38.3 Å². The fraction of sp³-hybridized carbons (Fsp3) is 0.750. The van der Waals surface area contributed by atoms with Crippen molar-refractivity contribution in [2.45, 2.75) is 52.2 Å². The van der Waals surface area contributed by atoms with Crippen LogP contribution in [0.3, 0.4) is 0 Å². The minimum absolute atomic E-state index is 0.226. The fourth-order valence-electron chi connectivity index (χ4n) is 2.09. The van der Waals surface area contributed by atoms with Crippen LogP contribution in [0.25, 0.3) is 0 Å². The molecule has 100 valence electrons. The van der Waals surface area contributed by atoms with Gasteiger partial charge in [0.2, 0.25) is 0 Å². The second-order valence-corrected chi connectivity index (χ2v) is 4.50. The smallest absolute Gasteiger partial charge is 0.322 e. The Labute approximate surface area is 107 Å². The Kier molecular flexibility index (Phi) is 4.30. The maximum atomic E-state index is 11.5. The molecule has 0 aliphatic carbocycles. The molecule has 1 aromatic rings. The van der Waals surface area contributed by atoms with Gasteiger partial charge in [-0.05, 0) is 26.7 Å². The minimum Gasteiger partial charge on any atom is -0.465 e. The summed E-state index contributed by atoms with van der Waals surface area (Å²) >= 11 is 0. The molecule has 0 radical (unpaired) electrons. The van der Waals surface area contributed by atoms with Gasteiger partial charge in [-0.2, -0.15) is 0 Å². The molecule has 1 aromatic heterocycles. The predicted molar refractivity (Wildman–Crippen MR) is 65.9 cm³/mol. The number of aromatic nitrogens is 3. The number of rotatable bonds is 5. The van der Waals surface area contributed by atoms with Crippen LogP contribution in [-0.2, 0) is 29.0 Å². The molecule has 1 aliphatic heterocycles. The minimum atomic E-state index is -0.318. The summed E-state index contributed by atoms with van der Waals surface area (Å²) in [5.41, 5.74) is 0. The zero-order chi connectivity index (χ0) is 13.0. The number of aryl methyl sites for hydroxylation is 1. The lowest BCUT2D eigenvalue weighted by Crippen LogP contribution is -2.35. The Morgan fingerprint density at radius 3 is 3.11 bits per heavy atom. The molecule has 1 N–H and O–H groups in total. The zero-order valence-electron chi connectivity index (χ0n) is 11.0. The summed E-state index contributed by atoms with van der Waals surface area (Å²) in [7, 11) is 0. The second-order valence-electron chi connectivity index (χ2n) is 4.50. The summed E-state index contributed by atoms with van der Waals surface area (Å²) in [6.45, 7) is 5.54. The first-order valence-corrected chi connectivity index (χ1v) is 6.53. The molecule has 2 heterocycles. The van der Waals surface area contributed by atoms with Gasteiger partial charge in [0.05, 0.1) is 13.2 Å². The number of ether oxygens (including phenoxy) is 1. The van der Waals surface area contributed by atoms with Gasteiger partial charge in [-0.25, -0.2) is 0 Å². The van der Waals surface area contributed by atoms with Crippen molar-refractivity contribution in [1.82, 2.24) is 20.1 Å². The molecule has 0 aromatic carbocycles. The van der Waals surface area contributed by atoms with Crippen molar-refractivity contribution in [3.8, 4) is 0 Å². The van der Waals surface area contributed by atoms with E-state index in [1.54, 1.807) is 13.8 Å². The van der Waals surface area contributed by atoms with Crippen LogP contribution in [0, 0.1) is 0 Å². The number of fused-ring (bicyclic) bond motifs is 1. The van der Waals surface area contributed by atoms with Gasteiger partial charge in [0.25, 0.3) is 0 Å². The Morgan fingerprint density at radius 2 is 2.33 bits per heavy atom. The normalized spacial score (nSPS) is 16.1. The highest BCUT2D eigenvalue weighted by atomic mass is 16.5. The average molecular weight is 252 g/mol. The van der Waals surface area contributed by atoms with E-state index >= 15 is 0 Å². The van der Waals surface area contributed by atoms with Crippen molar-refractivity contribution >= 4 is 5.97 Å². The van der Waals surface area contributed by atoms with E-state index in [0.29, 0.717) is 13.2 Å². The van der Waals surface area contributed by atoms with Crippen LogP contribution in [-0.4, -0.2) is 33.4 Å². The highest BCUT2D eigenvalue weighted by Crippen LogP contribution is 2.14.